The lowest BCUT2D eigenvalue weighted by molar-refractivity contribution is -0.155. The van der Waals surface area contributed by atoms with Crippen molar-refractivity contribution in [1.82, 2.24) is 5.32 Å². The molecule has 0 aromatic heterocycles. The lowest BCUT2D eigenvalue weighted by Crippen LogP contribution is -2.47. The average molecular weight is 475 g/mol. The molecule has 4 N–H and O–H groups in total. The van der Waals surface area contributed by atoms with Gasteiger partial charge in [-0.2, -0.15) is 0 Å². The molecule has 2 amide bonds. The number of hydrogen-bond acceptors (Lipinski definition) is 3. The van der Waals surface area contributed by atoms with E-state index >= 15 is 0 Å². The zero-order chi connectivity index (χ0) is 15.5. The molecule has 0 aliphatic carbocycles. The SMILES string of the molecule is CC(O)(CNC(=O)Nc1c(Br)cc(Br)cc1Br)C(=O)O. The van der Waals surface area contributed by atoms with E-state index in [9.17, 15) is 14.7 Å². The summed E-state index contributed by atoms with van der Waals surface area (Å²) in [5.41, 5.74) is -1.54. The number of urea groups is 1. The van der Waals surface area contributed by atoms with Crippen LogP contribution in [0.5, 0.6) is 0 Å². The number of hydrogen-bond donors (Lipinski definition) is 4. The highest BCUT2D eigenvalue weighted by Gasteiger charge is 2.30. The molecule has 1 atom stereocenters. The molecule has 6 nitrogen and oxygen atoms in total. The summed E-state index contributed by atoms with van der Waals surface area (Å²) in [6, 6.07) is 2.86. The van der Waals surface area contributed by atoms with Crippen LogP contribution in [0.25, 0.3) is 0 Å². The predicted molar refractivity (Wildman–Crippen MR) is 84.8 cm³/mol. The summed E-state index contributed by atoms with van der Waals surface area (Å²) < 4.78 is 2.09. The number of anilines is 1. The largest absolute Gasteiger partial charge is 0.479 e. The number of amides is 2. The summed E-state index contributed by atoms with van der Waals surface area (Å²) >= 11 is 9.89. The average Bonchev–Trinajstić information content (AvgIpc) is 2.31. The van der Waals surface area contributed by atoms with Crippen LogP contribution < -0.4 is 10.6 Å². The molecular weight excluding hydrogens is 464 g/mol. The minimum atomic E-state index is -2.02. The van der Waals surface area contributed by atoms with Gasteiger partial charge in [0.05, 0.1) is 12.2 Å². The van der Waals surface area contributed by atoms with Crippen molar-refractivity contribution in [2.75, 3.05) is 11.9 Å². The van der Waals surface area contributed by atoms with Gasteiger partial charge in [0, 0.05) is 13.4 Å². The Morgan fingerprint density at radius 3 is 2.20 bits per heavy atom. The van der Waals surface area contributed by atoms with Crippen molar-refractivity contribution in [3.63, 3.8) is 0 Å². The molecule has 0 fully saturated rings. The number of nitrogens with one attached hydrogen (secondary N) is 2. The molecule has 0 saturated heterocycles. The Labute approximate surface area is 140 Å². The highest BCUT2D eigenvalue weighted by molar-refractivity contribution is 9.11. The Balaban J connectivity index is 2.71. The highest BCUT2D eigenvalue weighted by Crippen LogP contribution is 2.34. The fraction of sp³-hybridized carbons (Fsp3) is 0.273. The van der Waals surface area contributed by atoms with Crippen molar-refractivity contribution < 1.29 is 19.8 Å². The number of carboxylic acid groups (broad SMARTS) is 1. The first-order valence-corrected chi connectivity index (χ1v) is 7.66. The molecule has 1 unspecified atom stereocenters. The number of benzene rings is 1. The first kappa shape index (κ1) is 17.4. The zero-order valence-corrected chi connectivity index (χ0v) is 15.0. The molecule has 1 rings (SSSR count). The first-order chi connectivity index (χ1) is 9.13. The Kier molecular flexibility index (Phi) is 5.99. The predicted octanol–water partition coefficient (Wildman–Crippen LogP) is 2.93. The number of rotatable bonds is 4. The molecular formula is C11H11Br3N2O4. The number of halogens is 3. The normalized spacial score (nSPS) is 13.4. The summed E-state index contributed by atoms with van der Waals surface area (Å²) in [6.07, 6.45) is 0. The molecule has 9 heteroatoms. The highest BCUT2D eigenvalue weighted by atomic mass is 79.9. The van der Waals surface area contributed by atoms with Crippen molar-refractivity contribution >= 4 is 65.5 Å². The van der Waals surface area contributed by atoms with E-state index in [4.69, 9.17) is 5.11 Å². The van der Waals surface area contributed by atoms with E-state index < -0.39 is 24.1 Å². The third-order valence-corrected chi connectivity index (χ3v) is 4.01. The zero-order valence-electron chi connectivity index (χ0n) is 10.2. The summed E-state index contributed by atoms with van der Waals surface area (Å²) in [5.74, 6) is -1.41. The fourth-order valence-electron chi connectivity index (χ4n) is 1.15. The van der Waals surface area contributed by atoms with E-state index in [1.54, 1.807) is 12.1 Å². The second-order valence-electron chi connectivity index (χ2n) is 4.13. The smallest absolute Gasteiger partial charge is 0.337 e. The lowest BCUT2D eigenvalue weighted by Gasteiger charge is -2.19. The van der Waals surface area contributed by atoms with Crippen molar-refractivity contribution in [1.29, 1.82) is 0 Å². The number of aliphatic carboxylic acids is 1. The molecule has 0 heterocycles. The van der Waals surface area contributed by atoms with E-state index in [0.29, 0.717) is 14.6 Å². The van der Waals surface area contributed by atoms with Crippen molar-refractivity contribution in [2.24, 2.45) is 0 Å². The van der Waals surface area contributed by atoms with E-state index in [2.05, 4.69) is 58.4 Å². The van der Waals surface area contributed by atoms with E-state index in [0.717, 1.165) is 11.4 Å². The second kappa shape index (κ2) is 6.88. The van der Waals surface area contributed by atoms with E-state index in [1.807, 2.05) is 0 Å². The van der Waals surface area contributed by atoms with Gasteiger partial charge in [0.2, 0.25) is 0 Å². The number of carbonyl (C=O) groups is 2. The van der Waals surface area contributed by atoms with Crippen LogP contribution in [0.3, 0.4) is 0 Å². The molecule has 0 aliphatic heterocycles. The summed E-state index contributed by atoms with van der Waals surface area (Å²) in [6.45, 7) is 0.682. The van der Waals surface area contributed by atoms with Crippen molar-refractivity contribution in [3.8, 4) is 0 Å². The lowest BCUT2D eigenvalue weighted by atomic mass is 10.1. The van der Waals surface area contributed by atoms with E-state index in [-0.39, 0.29) is 0 Å². The molecule has 1 aromatic carbocycles. The van der Waals surface area contributed by atoms with Crippen LogP contribution in [0.15, 0.2) is 25.6 Å². The third kappa shape index (κ3) is 4.72. The molecule has 0 spiro atoms. The monoisotopic (exact) mass is 472 g/mol. The third-order valence-electron chi connectivity index (χ3n) is 2.30. The van der Waals surface area contributed by atoms with Gasteiger partial charge in [-0.15, -0.1) is 0 Å². The quantitative estimate of drug-likeness (QED) is 0.539. The van der Waals surface area contributed by atoms with Crippen LogP contribution in [0.1, 0.15) is 6.92 Å². The van der Waals surface area contributed by atoms with Gasteiger partial charge >= 0.3 is 12.0 Å². The van der Waals surface area contributed by atoms with Gasteiger partial charge < -0.3 is 20.8 Å². The van der Waals surface area contributed by atoms with Gasteiger partial charge in [-0.05, 0) is 50.9 Å². The van der Waals surface area contributed by atoms with Crippen molar-refractivity contribution in [2.45, 2.75) is 12.5 Å². The molecule has 1 aromatic rings. The summed E-state index contributed by atoms with van der Waals surface area (Å²) in [5, 5.41) is 23.0. The number of aliphatic hydroxyl groups is 1. The number of carboxylic acids is 1. The molecule has 0 saturated carbocycles. The van der Waals surface area contributed by atoms with Gasteiger partial charge in [-0.3, -0.25) is 0 Å². The summed E-state index contributed by atoms with van der Waals surface area (Å²) in [7, 11) is 0. The Bertz CT molecular complexity index is 525. The van der Waals surface area contributed by atoms with Crippen LogP contribution >= 0.6 is 47.8 Å². The van der Waals surface area contributed by atoms with Gasteiger partial charge in [0.1, 0.15) is 0 Å². The van der Waals surface area contributed by atoms with Crippen LogP contribution in [-0.4, -0.2) is 34.4 Å². The molecule has 110 valence electrons. The van der Waals surface area contributed by atoms with Crippen LogP contribution in [0, 0.1) is 0 Å². The van der Waals surface area contributed by atoms with Crippen molar-refractivity contribution in [3.05, 3.63) is 25.6 Å². The Hall–Kier alpha value is -0.640. The van der Waals surface area contributed by atoms with Gasteiger partial charge in [0.25, 0.3) is 0 Å². The van der Waals surface area contributed by atoms with Crippen LogP contribution in [-0.2, 0) is 4.79 Å². The summed E-state index contributed by atoms with van der Waals surface area (Å²) in [4.78, 5) is 22.4. The maximum Gasteiger partial charge on any atom is 0.337 e. The first-order valence-electron chi connectivity index (χ1n) is 5.28. The van der Waals surface area contributed by atoms with Gasteiger partial charge in [0.15, 0.2) is 5.60 Å². The van der Waals surface area contributed by atoms with Crippen LogP contribution in [0.4, 0.5) is 10.5 Å². The molecule has 0 radical (unpaired) electrons. The minimum Gasteiger partial charge on any atom is -0.479 e. The molecule has 0 aliphatic rings. The Morgan fingerprint density at radius 1 is 1.25 bits per heavy atom. The van der Waals surface area contributed by atoms with Gasteiger partial charge in [-0.1, -0.05) is 15.9 Å². The fourth-order valence-corrected chi connectivity index (χ4v) is 3.60. The standard InChI is InChI=1S/C11H11Br3N2O4/c1-11(20,9(17)18)4-15-10(19)16-8-6(13)2-5(12)3-7(8)14/h2-3,20H,4H2,1H3,(H,17,18)(H2,15,16,19). The van der Waals surface area contributed by atoms with Crippen LogP contribution in [0.2, 0.25) is 0 Å². The maximum absolute atomic E-state index is 11.7. The minimum absolute atomic E-state index is 0.417. The topological polar surface area (TPSA) is 98.7 Å². The maximum atomic E-state index is 11.7. The Morgan fingerprint density at radius 2 is 1.75 bits per heavy atom. The van der Waals surface area contributed by atoms with Gasteiger partial charge in [-0.25, -0.2) is 9.59 Å². The molecule has 0 bridgehead atoms. The second-order valence-corrected chi connectivity index (χ2v) is 6.76. The number of carbonyl (C=O) groups excluding carboxylic acids is 1. The van der Waals surface area contributed by atoms with E-state index in [1.165, 1.54) is 0 Å². The molecule has 20 heavy (non-hydrogen) atoms.